The van der Waals surface area contributed by atoms with Crippen molar-refractivity contribution in [3.63, 3.8) is 0 Å². The maximum atomic E-state index is 14.4. The number of allylic oxidation sites excluding steroid dienone is 2. The van der Waals surface area contributed by atoms with Crippen molar-refractivity contribution in [1.29, 1.82) is 0 Å². The van der Waals surface area contributed by atoms with Crippen LogP contribution in [0.4, 0.5) is 0 Å². The molecule has 4 atom stereocenters. The Bertz CT molecular complexity index is 1950. The molecular weight excluding hydrogens is 706 g/mol. The molecule has 3 amide bonds. The van der Waals surface area contributed by atoms with Crippen molar-refractivity contribution in [3.05, 3.63) is 95.6 Å². The molecule has 0 radical (unpaired) electrons. The Hall–Kier alpha value is -5.85. The molecule has 0 unspecified atom stereocenters. The van der Waals surface area contributed by atoms with Crippen molar-refractivity contribution in [1.82, 2.24) is 16.0 Å². The lowest BCUT2D eigenvalue weighted by Gasteiger charge is -2.39. The third kappa shape index (κ3) is 10.0. The number of Topliss-reactive ketones (excluding diaryl/α,β-unsaturated/α-hetero) is 1. The molecule has 0 aromatic heterocycles. The summed E-state index contributed by atoms with van der Waals surface area (Å²) in [5, 5.41) is 39.9. The summed E-state index contributed by atoms with van der Waals surface area (Å²) in [6.45, 7) is 1.50. The fraction of sp³-hybridized carbons (Fsp3) is 0.405. The fourth-order valence-corrected chi connectivity index (χ4v) is 7.84. The predicted octanol–water partition coefficient (Wildman–Crippen LogP) is 4.49. The van der Waals surface area contributed by atoms with Gasteiger partial charge in [-0.05, 0) is 66.0 Å². The molecule has 2 aliphatic rings. The zero-order chi connectivity index (χ0) is 39.7. The fourth-order valence-electron chi connectivity index (χ4n) is 7.84. The first kappa shape index (κ1) is 40.3. The van der Waals surface area contributed by atoms with Crippen LogP contribution < -0.4 is 16.0 Å². The van der Waals surface area contributed by atoms with Gasteiger partial charge in [0.1, 0.15) is 17.4 Å². The molecule has 13 heteroatoms. The van der Waals surface area contributed by atoms with E-state index in [2.05, 4.69) is 16.0 Å². The van der Waals surface area contributed by atoms with Gasteiger partial charge in [-0.3, -0.25) is 33.6 Å². The molecule has 1 aliphatic carbocycles. The monoisotopic (exact) mass is 753 g/mol. The second-order valence-electron chi connectivity index (χ2n) is 14.7. The Kier molecular flexibility index (Phi) is 13.2. The number of ketones is 1. The predicted molar refractivity (Wildman–Crippen MR) is 202 cm³/mol. The lowest BCUT2D eigenvalue weighted by atomic mass is 9.78. The van der Waals surface area contributed by atoms with E-state index in [4.69, 9.17) is 0 Å². The van der Waals surface area contributed by atoms with Gasteiger partial charge in [0.25, 0.3) is 0 Å². The summed E-state index contributed by atoms with van der Waals surface area (Å²) in [5.74, 6) is -10.8. The molecule has 1 saturated carbocycles. The first-order chi connectivity index (χ1) is 26.3. The molecule has 55 heavy (non-hydrogen) atoms. The highest BCUT2D eigenvalue weighted by molar-refractivity contribution is 5.99. The number of hydrogen-bond donors (Lipinski definition) is 6. The molecule has 5 rings (SSSR count). The molecule has 0 bridgehead atoms. The summed E-state index contributed by atoms with van der Waals surface area (Å²) in [6, 6.07) is 18.3. The van der Waals surface area contributed by atoms with Crippen molar-refractivity contribution >= 4 is 52.2 Å². The minimum absolute atomic E-state index is 0.00653. The Morgan fingerprint density at radius 3 is 2.15 bits per heavy atom. The number of aliphatic carboxylic acids is 3. The standard InChI is InChI=1S/C42H47N3O10/c1-25(46)21-34-38(50)43-24-26(22-30-12-8-11-27-10-3-4-13-31(27)30)9-7-14-32(28-15-17-29(18-16-28)36(39(51)52)40(53)54)33(23-35(47)48)37(49)45-42(41(55)44-34)19-5-2-6-20-42/h3-4,7-8,10-18,26,32-34,36H,2,5-6,9,19-24H2,1H3,(H,43,50)(H,44,55)(H,45,49)(H,47,48)(H,51,52)(H,53,54)/b14-7+/t26-,32+,33-,34-/m0/s1. The normalized spacial score (nSPS) is 22.8. The molecular formula is C42H47N3O10. The smallest absolute Gasteiger partial charge is 0.322 e. The molecule has 0 saturated heterocycles. The summed E-state index contributed by atoms with van der Waals surface area (Å²) in [6.07, 6.45) is 5.95. The van der Waals surface area contributed by atoms with E-state index in [1.165, 1.54) is 31.2 Å². The van der Waals surface area contributed by atoms with Crippen LogP contribution in [0.5, 0.6) is 0 Å². The van der Waals surface area contributed by atoms with Crippen LogP contribution in [0.15, 0.2) is 78.9 Å². The van der Waals surface area contributed by atoms with Gasteiger partial charge in [-0.15, -0.1) is 0 Å². The van der Waals surface area contributed by atoms with Gasteiger partial charge in [0.2, 0.25) is 17.7 Å². The van der Waals surface area contributed by atoms with E-state index in [-0.39, 0.29) is 43.1 Å². The van der Waals surface area contributed by atoms with Crippen LogP contribution in [0.1, 0.15) is 86.8 Å². The SMILES string of the molecule is CC(=O)C[C@@H]1NC(=O)C2(CCCCC2)NC(=O)[C@@H](CC(=O)O)[C@@H](c2ccc(C(C(=O)O)C(=O)O)cc2)/C=C/C[C@@H](Cc2cccc3ccccc23)CNC1=O. The molecule has 290 valence electrons. The van der Waals surface area contributed by atoms with Gasteiger partial charge in [0.05, 0.1) is 12.3 Å². The van der Waals surface area contributed by atoms with Crippen LogP contribution in [-0.4, -0.2) is 74.9 Å². The van der Waals surface area contributed by atoms with Gasteiger partial charge in [-0.1, -0.05) is 98.1 Å². The Morgan fingerprint density at radius 2 is 1.49 bits per heavy atom. The van der Waals surface area contributed by atoms with Crippen LogP contribution in [-0.2, 0) is 40.0 Å². The largest absolute Gasteiger partial charge is 0.481 e. The summed E-state index contributed by atoms with van der Waals surface area (Å²) < 4.78 is 0. The van der Waals surface area contributed by atoms with Gasteiger partial charge >= 0.3 is 17.9 Å². The zero-order valence-corrected chi connectivity index (χ0v) is 30.7. The maximum Gasteiger partial charge on any atom is 0.322 e. The highest BCUT2D eigenvalue weighted by atomic mass is 16.4. The summed E-state index contributed by atoms with van der Waals surface area (Å²) in [5.41, 5.74) is -0.0266. The molecule has 1 spiro atoms. The third-order valence-corrected chi connectivity index (χ3v) is 10.7. The number of carboxylic acids is 3. The van der Waals surface area contributed by atoms with Gasteiger partial charge in [0.15, 0.2) is 5.92 Å². The first-order valence-corrected chi connectivity index (χ1v) is 18.6. The van der Waals surface area contributed by atoms with Crippen LogP contribution in [0.25, 0.3) is 10.8 Å². The summed E-state index contributed by atoms with van der Waals surface area (Å²) in [4.78, 5) is 90.6. The zero-order valence-electron chi connectivity index (χ0n) is 30.7. The van der Waals surface area contributed by atoms with Crippen molar-refractivity contribution in [2.45, 2.75) is 88.1 Å². The lowest BCUT2D eigenvalue weighted by molar-refractivity contribution is -0.150. The van der Waals surface area contributed by atoms with Crippen LogP contribution in [0.3, 0.4) is 0 Å². The Labute approximate surface area is 318 Å². The first-order valence-electron chi connectivity index (χ1n) is 18.6. The Morgan fingerprint density at radius 1 is 0.818 bits per heavy atom. The average Bonchev–Trinajstić information content (AvgIpc) is 3.14. The van der Waals surface area contributed by atoms with Gasteiger partial charge < -0.3 is 31.3 Å². The van der Waals surface area contributed by atoms with E-state index in [1.54, 1.807) is 6.08 Å². The number of fused-ring (bicyclic) bond motifs is 1. The van der Waals surface area contributed by atoms with E-state index in [0.717, 1.165) is 22.8 Å². The van der Waals surface area contributed by atoms with Crippen LogP contribution in [0, 0.1) is 11.8 Å². The minimum atomic E-state index is -1.84. The topological polar surface area (TPSA) is 216 Å². The molecule has 1 fully saturated rings. The number of hydrogen-bond acceptors (Lipinski definition) is 7. The minimum Gasteiger partial charge on any atom is -0.481 e. The number of carbonyl (C=O) groups is 7. The molecule has 6 N–H and O–H groups in total. The van der Waals surface area contributed by atoms with Crippen LogP contribution >= 0.6 is 0 Å². The number of carbonyl (C=O) groups excluding carboxylic acids is 4. The van der Waals surface area contributed by atoms with E-state index in [0.29, 0.717) is 31.2 Å². The van der Waals surface area contributed by atoms with Gasteiger partial charge in [-0.2, -0.15) is 0 Å². The molecule has 13 nitrogen and oxygen atoms in total. The number of amides is 3. The van der Waals surface area contributed by atoms with Crippen molar-refractivity contribution in [2.24, 2.45) is 11.8 Å². The van der Waals surface area contributed by atoms with E-state index >= 15 is 0 Å². The van der Waals surface area contributed by atoms with Gasteiger partial charge in [0, 0.05) is 18.9 Å². The van der Waals surface area contributed by atoms with E-state index in [9.17, 15) is 48.9 Å². The van der Waals surface area contributed by atoms with E-state index in [1.807, 2.05) is 48.5 Å². The van der Waals surface area contributed by atoms with E-state index < -0.39 is 71.4 Å². The summed E-state index contributed by atoms with van der Waals surface area (Å²) >= 11 is 0. The van der Waals surface area contributed by atoms with Gasteiger partial charge in [-0.25, -0.2) is 0 Å². The lowest BCUT2D eigenvalue weighted by Crippen LogP contribution is -2.63. The number of carboxylic acid groups (broad SMARTS) is 3. The van der Waals surface area contributed by atoms with Crippen molar-refractivity contribution in [3.8, 4) is 0 Å². The second-order valence-corrected chi connectivity index (χ2v) is 14.7. The quantitative estimate of drug-likeness (QED) is 0.126. The third-order valence-electron chi connectivity index (χ3n) is 10.7. The number of rotatable bonds is 10. The second kappa shape index (κ2) is 18.0. The molecule has 1 aliphatic heterocycles. The number of nitrogens with one attached hydrogen (secondary N) is 3. The van der Waals surface area contributed by atoms with Crippen LogP contribution in [0.2, 0.25) is 0 Å². The highest BCUT2D eigenvalue weighted by Gasteiger charge is 2.45. The average molecular weight is 754 g/mol. The number of benzene rings is 3. The maximum absolute atomic E-state index is 14.4. The van der Waals surface area contributed by atoms with Crippen molar-refractivity contribution < 1.29 is 48.9 Å². The molecule has 3 aromatic rings. The molecule has 1 heterocycles. The Balaban J connectivity index is 1.60. The summed E-state index contributed by atoms with van der Waals surface area (Å²) in [7, 11) is 0. The molecule has 3 aromatic carbocycles. The van der Waals surface area contributed by atoms with Crippen molar-refractivity contribution in [2.75, 3.05) is 6.54 Å². The highest BCUT2D eigenvalue weighted by Crippen LogP contribution is 2.35.